The normalized spacial score (nSPS) is 10.2. The number of benzene rings is 1. The fourth-order valence-corrected chi connectivity index (χ4v) is 1.91. The first-order valence-corrected chi connectivity index (χ1v) is 5.67. The second-order valence-electron chi connectivity index (χ2n) is 3.63. The van der Waals surface area contributed by atoms with Crippen molar-refractivity contribution < 1.29 is 9.47 Å². The highest BCUT2D eigenvalue weighted by molar-refractivity contribution is 6.30. The Balaban J connectivity index is 2.68. The van der Waals surface area contributed by atoms with Gasteiger partial charge < -0.3 is 15.2 Å². The highest BCUT2D eigenvalue weighted by Crippen LogP contribution is 2.40. The third kappa shape index (κ3) is 2.19. The maximum Gasteiger partial charge on any atom is 0.132 e. The molecule has 0 radical (unpaired) electrons. The smallest absolute Gasteiger partial charge is 0.132 e. The molecule has 0 aliphatic rings. The average Bonchev–Trinajstić information content (AvgIpc) is 2.38. The van der Waals surface area contributed by atoms with Crippen LogP contribution in [0.2, 0.25) is 5.02 Å². The number of ether oxygens (including phenoxy) is 2. The maximum atomic E-state index is 5.94. The van der Waals surface area contributed by atoms with E-state index in [0.717, 1.165) is 5.56 Å². The number of nitrogens with two attached hydrogens (primary N) is 1. The zero-order valence-electron chi connectivity index (χ0n) is 10.1. The number of aromatic nitrogens is 1. The summed E-state index contributed by atoms with van der Waals surface area (Å²) in [5.74, 6) is 1.30. The maximum absolute atomic E-state index is 5.94. The van der Waals surface area contributed by atoms with E-state index < -0.39 is 0 Å². The van der Waals surface area contributed by atoms with Crippen molar-refractivity contribution in [3.05, 3.63) is 35.5 Å². The predicted octanol–water partition coefficient (Wildman–Crippen LogP) is 3.00. The van der Waals surface area contributed by atoms with Crippen molar-refractivity contribution >= 4 is 17.3 Å². The summed E-state index contributed by atoms with van der Waals surface area (Å²) in [6.07, 6.45) is 1.54. The fraction of sp³-hybridized carbons (Fsp3) is 0.154. The van der Waals surface area contributed by atoms with Crippen LogP contribution in [0.5, 0.6) is 11.5 Å². The van der Waals surface area contributed by atoms with Gasteiger partial charge in [-0.1, -0.05) is 17.7 Å². The Hall–Kier alpha value is -1.94. The minimum atomic E-state index is 0.477. The molecule has 0 aliphatic heterocycles. The average molecular weight is 265 g/mol. The lowest BCUT2D eigenvalue weighted by molar-refractivity contribution is 0.397. The molecule has 94 valence electrons. The van der Waals surface area contributed by atoms with Gasteiger partial charge in [0.05, 0.1) is 30.5 Å². The second-order valence-corrected chi connectivity index (χ2v) is 4.07. The lowest BCUT2D eigenvalue weighted by Crippen LogP contribution is -1.98. The number of methoxy groups -OCH3 is 2. The van der Waals surface area contributed by atoms with E-state index in [2.05, 4.69) is 4.98 Å². The van der Waals surface area contributed by atoms with Gasteiger partial charge in [-0.3, -0.25) is 4.98 Å². The highest BCUT2D eigenvalue weighted by Gasteiger charge is 2.16. The lowest BCUT2D eigenvalue weighted by Gasteiger charge is -2.13. The van der Waals surface area contributed by atoms with Crippen LogP contribution in [0.15, 0.2) is 30.5 Å². The van der Waals surface area contributed by atoms with E-state index in [1.807, 2.05) is 18.2 Å². The van der Waals surface area contributed by atoms with Crippen LogP contribution in [-0.2, 0) is 0 Å². The molecular formula is C13H13ClN2O2. The molecule has 0 saturated carbocycles. The Labute approximate surface area is 110 Å². The third-order valence-corrected chi connectivity index (χ3v) is 2.76. The van der Waals surface area contributed by atoms with Gasteiger partial charge in [-0.05, 0) is 18.2 Å². The molecule has 5 heteroatoms. The Kier molecular flexibility index (Phi) is 3.58. The number of halogens is 1. The van der Waals surface area contributed by atoms with Gasteiger partial charge in [0.1, 0.15) is 17.2 Å². The van der Waals surface area contributed by atoms with Gasteiger partial charge in [-0.25, -0.2) is 0 Å². The van der Waals surface area contributed by atoms with Crippen molar-refractivity contribution in [3.8, 4) is 22.8 Å². The van der Waals surface area contributed by atoms with Gasteiger partial charge in [0.2, 0.25) is 0 Å². The molecule has 0 unspecified atom stereocenters. The monoisotopic (exact) mass is 264 g/mol. The van der Waals surface area contributed by atoms with E-state index in [-0.39, 0.29) is 0 Å². The second kappa shape index (κ2) is 5.14. The number of anilines is 1. The number of pyridine rings is 1. The van der Waals surface area contributed by atoms with Gasteiger partial charge in [0, 0.05) is 6.20 Å². The summed E-state index contributed by atoms with van der Waals surface area (Å²) in [6, 6.07) is 7.14. The molecule has 1 aromatic carbocycles. The van der Waals surface area contributed by atoms with Gasteiger partial charge in [-0.2, -0.15) is 0 Å². The minimum Gasteiger partial charge on any atom is -0.496 e. The van der Waals surface area contributed by atoms with Crippen LogP contribution in [-0.4, -0.2) is 19.2 Å². The summed E-state index contributed by atoms with van der Waals surface area (Å²) >= 11 is 5.85. The first-order chi connectivity index (χ1) is 8.67. The van der Waals surface area contributed by atoms with E-state index in [1.165, 1.54) is 0 Å². The quantitative estimate of drug-likeness (QED) is 0.926. The van der Waals surface area contributed by atoms with Crippen LogP contribution in [0.1, 0.15) is 0 Å². The molecule has 4 nitrogen and oxygen atoms in total. The van der Waals surface area contributed by atoms with Crippen molar-refractivity contribution in [2.45, 2.75) is 0 Å². The largest absolute Gasteiger partial charge is 0.496 e. The van der Waals surface area contributed by atoms with E-state index in [9.17, 15) is 0 Å². The van der Waals surface area contributed by atoms with Crippen LogP contribution in [0.25, 0.3) is 11.3 Å². The fourth-order valence-electron chi connectivity index (χ4n) is 1.75. The molecule has 18 heavy (non-hydrogen) atoms. The van der Waals surface area contributed by atoms with Crippen LogP contribution >= 0.6 is 11.6 Å². The first kappa shape index (κ1) is 12.5. The predicted molar refractivity (Wildman–Crippen MR) is 72.2 cm³/mol. The molecule has 2 N–H and O–H groups in total. The number of nitrogen functional groups attached to an aromatic ring is 1. The van der Waals surface area contributed by atoms with Crippen LogP contribution in [0.3, 0.4) is 0 Å². The topological polar surface area (TPSA) is 57.4 Å². The Bertz CT molecular complexity index is 551. The van der Waals surface area contributed by atoms with Gasteiger partial charge in [-0.15, -0.1) is 0 Å². The van der Waals surface area contributed by atoms with Crippen molar-refractivity contribution in [2.75, 3.05) is 20.0 Å². The van der Waals surface area contributed by atoms with Crippen molar-refractivity contribution in [1.82, 2.24) is 4.98 Å². The number of nitrogens with zero attached hydrogens (tertiary/aromatic N) is 1. The lowest BCUT2D eigenvalue weighted by atomic mass is 10.1. The highest BCUT2D eigenvalue weighted by atomic mass is 35.5. The minimum absolute atomic E-state index is 0.477. The van der Waals surface area contributed by atoms with E-state index in [1.54, 1.807) is 26.5 Å². The molecular weight excluding hydrogens is 252 g/mol. The van der Waals surface area contributed by atoms with Crippen LogP contribution in [0, 0.1) is 0 Å². The molecule has 1 heterocycles. The van der Waals surface area contributed by atoms with Crippen molar-refractivity contribution in [3.63, 3.8) is 0 Å². The van der Waals surface area contributed by atoms with Crippen LogP contribution in [0.4, 0.5) is 5.69 Å². The zero-order valence-corrected chi connectivity index (χ0v) is 10.9. The number of hydrogen-bond acceptors (Lipinski definition) is 4. The molecule has 1 aromatic heterocycles. The molecule has 0 atom stereocenters. The SMILES string of the molecule is COc1cccc(OC)c1-c1ncc(Cl)cc1N. The standard InChI is InChI=1S/C13H13ClN2O2/c1-17-10-4-3-5-11(18-2)12(10)13-9(15)6-8(14)7-16-13/h3-7H,15H2,1-2H3. The van der Waals surface area contributed by atoms with Crippen molar-refractivity contribution in [1.29, 1.82) is 0 Å². The Morgan fingerprint density at radius 2 is 1.78 bits per heavy atom. The van der Waals surface area contributed by atoms with Gasteiger partial charge in [0.25, 0.3) is 0 Å². The molecule has 2 rings (SSSR count). The Morgan fingerprint density at radius 1 is 1.17 bits per heavy atom. The molecule has 0 saturated heterocycles. The third-order valence-electron chi connectivity index (χ3n) is 2.55. The number of rotatable bonds is 3. The van der Waals surface area contributed by atoms with Crippen molar-refractivity contribution in [2.24, 2.45) is 0 Å². The summed E-state index contributed by atoms with van der Waals surface area (Å²) in [5.41, 5.74) is 7.73. The zero-order chi connectivity index (χ0) is 13.1. The summed E-state index contributed by atoms with van der Waals surface area (Å²) in [7, 11) is 3.18. The summed E-state index contributed by atoms with van der Waals surface area (Å²) < 4.78 is 10.6. The van der Waals surface area contributed by atoms with Gasteiger partial charge >= 0.3 is 0 Å². The molecule has 0 spiro atoms. The molecule has 0 amide bonds. The first-order valence-electron chi connectivity index (χ1n) is 5.29. The summed E-state index contributed by atoms with van der Waals surface area (Å²) in [4.78, 5) is 4.25. The van der Waals surface area contributed by atoms with E-state index in [0.29, 0.717) is 27.9 Å². The molecule has 0 fully saturated rings. The van der Waals surface area contributed by atoms with E-state index in [4.69, 9.17) is 26.8 Å². The number of hydrogen-bond donors (Lipinski definition) is 1. The summed E-state index contributed by atoms with van der Waals surface area (Å²) in [5, 5.41) is 0.491. The molecule has 0 bridgehead atoms. The summed E-state index contributed by atoms with van der Waals surface area (Å²) in [6.45, 7) is 0. The molecule has 0 aliphatic carbocycles. The molecule has 2 aromatic rings. The van der Waals surface area contributed by atoms with Gasteiger partial charge in [0.15, 0.2) is 0 Å². The van der Waals surface area contributed by atoms with Crippen LogP contribution < -0.4 is 15.2 Å². The Morgan fingerprint density at radius 3 is 2.28 bits per heavy atom. The van der Waals surface area contributed by atoms with E-state index >= 15 is 0 Å².